The Bertz CT molecular complexity index is 382. The van der Waals surface area contributed by atoms with Crippen LogP contribution in [0.5, 0.6) is 5.88 Å². The summed E-state index contributed by atoms with van der Waals surface area (Å²) in [4.78, 5) is 15.7. The lowest BCUT2D eigenvalue weighted by atomic mass is 10.2. The Morgan fingerprint density at radius 3 is 3.00 bits per heavy atom. The Morgan fingerprint density at radius 2 is 2.33 bits per heavy atom. The Labute approximate surface area is 106 Å². The molecule has 0 spiro atoms. The van der Waals surface area contributed by atoms with Crippen LogP contribution in [0.25, 0.3) is 0 Å². The van der Waals surface area contributed by atoms with Gasteiger partial charge in [0.2, 0.25) is 5.88 Å². The molecule has 6 heteroatoms. The van der Waals surface area contributed by atoms with E-state index in [4.69, 9.17) is 14.6 Å². The summed E-state index contributed by atoms with van der Waals surface area (Å²) >= 11 is 0. The number of rotatable bonds is 7. The zero-order valence-corrected chi connectivity index (χ0v) is 10.5. The third kappa shape index (κ3) is 5.11. The first-order valence-corrected chi connectivity index (χ1v) is 5.67. The highest BCUT2D eigenvalue weighted by Gasteiger charge is 2.08. The van der Waals surface area contributed by atoms with Gasteiger partial charge in [-0.1, -0.05) is 0 Å². The van der Waals surface area contributed by atoms with E-state index >= 15 is 0 Å². The number of nitrogens with zero attached hydrogens (tertiary/aromatic N) is 1. The topological polar surface area (TPSA) is 80.7 Å². The van der Waals surface area contributed by atoms with Crippen molar-refractivity contribution in [2.45, 2.75) is 13.0 Å². The van der Waals surface area contributed by atoms with E-state index in [2.05, 4.69) is 10.3 Å². The van der Waals surface area contributed by atoms with Crippen molar-refractivity contribution in [1.82, 2.24) is 10.3 Å². The van der Waals surface area contributed by atoms with Crippen LogP contribution in [0.1, 0.15) is 17.3 Å². The Balaban J connectivity index is 2.55. The lowest BCUT2D eigenvalue weighted by molar-refractivity contribution is 0.0923. The monoisotopic (exact) mass is 254 g/mol. The number of carbonyl (C=O) groups excluding carboxylic acids is 1. The summed E-state index contributed by atoms with van der Waals surface area (Å²) in [5, 5.41) is 11.7. The van der Waals surface area contributed by atoms with E-state index in [0.29, 0.717) is 24.7 Å². The number of hydrogen-bond acceptors (Lipinski definition) is 5. The Hall–Kier alpha value is -1.66. The highest BCUT2D eigenvalue weighted by atomic mass is 16.5. The highest BCUT2D eigenvalue weighted by Crippen LogP contribution is 2.09. The van der Waals surface area contributed by atoms with E-state index in [-0.39, 0.29) is 12.5 Å². The van der Waals surface area contributed by atoms with Gasteiger partial charge in [0.05, 0.1) is 12.7 Å². The van der Waals surface area contributed by atoms with Crippen LogP contribution in [0.3, 0.4) is 0 Å². The fourth-order valence-corrected chi connectivity index (χ4v) is 1.20. The van der Waals surface area contributed by atoms with E-state index < -0.39 is 6.10 Å². The molecule has 0 saturated heterocycles. The molecule has 0 radical (unpaired) electrons. The molecule has 0 aliphatic heterocycles. The molecule has 2 N–H and O–H groups in total. The number of nitrogens with one attached hydrogen (secondary N) is 1. The molecule has 1 aromatic rings. The third-order valence-electron chi connectivity index (χ3n) is 2.09. The van der Waals surface area contributed by atoms with Crippen LogP contribution in [0, 0.1) is 0 Å². The van der Waals surface area contributed by atoms with E-state index in [0.717, 1.165) is 0 Å². The molecule has 1 heterocycles. The molecule has 0 unspecified atom stereocenters. The van der Waals surface area contributed by atoms with Gasteiger partial charge in [0.25, 0.3) is 5.91 Å². The van der Waals surface area contributed by atoms with E-state index in [1.807, 2.05) is 0 Å². The summed E-state index contributed by atoms with van der Waals surface area (Å²) < 4.78 is 10.1. The largest absolute Gasteiger partial charge is 0.475 e. The summed E-state index contributed by atoms with van der Waals surface area (Å²) in [6, 6.07) is 3.13. The second-order valence-corrected chi connectivity index (χ2v) is 3.78. The first-order valence-electron chi connectivity index (χ1n) is 5.67. The van der Waals surface area contributed by atoms with Gasteiger partial charge in [-0.25, -0.2) is 4.98 Å². The van der Waals surface area contributed by atoms with Gasteiger partial charge in [-0.3, -0.25) is 4.79 Å². The Morgan fingerprint density at radius 1 is 1.56 bits per heavy atom. The second-order valence-electron chi connectivity index (χ2n) is 3.78. The fourth-order valence-electron chi connectivity index (χ4n) is 1.20. The number of pyridine rings is 1. The number of aliphatic hydroxyl groups excluding tert-OH is 1. The van der Waals surface area contributed by atoms with Crippen LogP contribution in [0.4, 0.5) is 0 Å². The fraction of sp³-hybridized carbons (Fsp3) is 0.500. The molecular formula is C12H18N2O4. The van der Waals surface area contributed by atoms with Crippen molar-refractivity contribution in [3.63, 3.8) is 0 Å². The van der Waals surface area contributed by atoms with Crippen LogP contribution in [0.2, 0.25) is 0 Å². The number of aromatic nitrogens is 1. The van der Waals surface area contributed by atoms with Gasteiger partial charge in [-0.15, -0.1) is 0 Å². The molecule has 0 aliphatic carbocycles. The quantitative estimate of drug-likeness (QED) is 0.680. The summed E-state index contributed by atoms with van der Waals surface area (Å²) in [7, 11) is 1.58. The number of hydrogen-bond donors (Lipinski definition) is 2. The Kier molecular flexibility index (Phi) is 6.10. The molecule has 1 aromatic heterocycles. The molecule has 0 fully saturated rings. The number of amides is 1. The molecule has 18 heavy (non-hydrogen) atoms. The maximum Gasteiger partial charge on any atom is 0.251 e. The van der Waals surface area contributed by atoms with Crippen LogP contribution in [-0.4, -0.2) is 49.0 Å². The molecule has 1 atom stereocenters. The minimum Gasteiger partial charge on any atom is -0.475 e. The van der Waals surface area contributed by atoms with E-state index in [1.54, 1.807) is 26.2 Å². The van der Waals surface area contributed by atoms with Gasteiger partial charge in [-0.2, -0.15) is 0 Å². The summed E-state index contributed by atoms with van der Waals surface area (Å²) in [6.45, 7) is 2.65. The number of carbonyl (C=O) groups is 1. The van der Waals surface area contributed by atoms with Crippen molar-refractivity contribution >= 4 is 5.91 Å². The number of methoxy groups -OCH3 is 1. The van der Waals surface area contributed by atoms with Crippen molar-refractivity contribution in [2.75, 3.05) is 26.9 Å². The van der Waals surface area contributed by atoms with Crippen LogP contribution in [-0.2, 0) is 4.74 Å². The predicted molar refractivity (Wildman–Crippen MR) is 65.6 cm³/mol. The standard InChI is InChI=1S/C12H18N2O4/c1-9(15)8-14-12(16)10-3-4-13-11(7-10)18-6-5-17-2/h3-4,7,9,15H,5-6,8H2,1-2H3,(H,14,16)/t9-/m0/s1. The average Bonchev–Trinajstić information content (AvgIpc) is 2.36. The second kappa shape index (κ2) is 7.62. The zero-order chi connectivity index (χ0) is 13.4. The minimum atomic E-state index is -0.576. The third-order valence-corrected chi connectivity index (χ3v) is 2.09. The number of ether oxygens (including phenoxy) is 2. The molecule has 0 aliphatic rings. The van der Waals surface area contributed by atoms with E-state index in [9.17, 15) is 4.79 Å². The molecule has 1 rings (SSSR count). The van der Waals surface area contributed by atoms with Crippen LogP contribution < -0.4 is 10.1 Å². The molecular weight excluding hydrogens is 236 g/mol. The summed E-state index contributed by atoms with van der Waals surface area (Å²) in [6.07, 6.45) is 0.924. The van der Waals surface area contributed by atoms with Gasteiger partial charge in [0.15, 0.2) is 0 Å². The van der Waals surface area contributed by atoms with Crippen molar-refractivity contribution in [3.05, 3.63) is 23.9 Å². The van der Waals surface area contributed by atoms with Gasteiger partial charge in [0, 0.05) is 31.5 Å². The first-order chi connectivity index (χ1) is 8.63. The SMILES string of the molecule is COCCOc1cc(C(=O)NC[C@H](C)O)ccn1. The smallest absolute Gasteiger partial charge is 0.251 e. The van der Waals surface area contributed by atoms with Crippen molar-refractivity contribution in [2.24, 2.45) is 0 Å². The van der Waals surface area contributed by atoms with Crippen molar-refractivity contribution in [1.29, 1.82) is 0 Å². The molecule has 6 nitrogen and oxygen atoms in total. The normalized spacial score (nSPS) is 11.9. The molecule has 1 amide bonds. The number of aliphatic hydroxyl groups is 1. The molecule has 0 saturated carbocycles. The summed E-state index contributed by atoms with van der Waals surface area (Å²) in [5.41, 5.74) is 0.443. The average molecular weight is 254 g/mol. The van der Waals surface area contributed by atoms with Crippen molar-refractivity contribution in [3.8, 4) is 5.88 Å². The van der Waals surface area contributed by atoms with Gasteiger partial charge in [-0.05, 0) is 13.0 Å². The van der Waals surface area contributed by atoms with Gasteiger partial charge < -0.3 is 19.9 Å². The molecule has 0 aromatic carbocycles. The maximum absolute atomic E-state index is 11.7. The van der Waals surface area contributed by atoms with E-state index in [1.165, 1.54) is 6.20 Å². The summed E-state index contributed by atoms with van der Waals surface area (Å²) in [5.74, 6) is 0.103. The maximum atomic E-state index is 11.7. The van der Waals surface area contributed by atoms with Gasteiger partial charge >= 0.3 is 0 Å². The minimum absolute atomic E-state index is 0.209. The van der Waals surface area contributed by atoms with Crippen molar-refractivity contribution < 1.29 is 19.4 Å². The van der Waals surface area contributed by atoms with Crippen LogP contribution >= 0.6 is 0 Å². The lowest BCUT2D eigenvalue weighted by Crippen LogP contribution is -2.30. The predicted octanol–water partition coefficient (Wildman–Crippen LogP) is 0.217. The highest BCUT2D eigenvalue weighted by molar-refractivity contribution is 5.94. The van der Waals surface area contributed by atoms with Crippen LogP contribution in [0.15, 0.2) is 18.3 Å². The molecule has 100 valence electrons. The first kappa shape index (κ1) is 14.4. The zero-order valence-electron chi connectivity index (χ0n) is 10.5. The molecule has 0 bridgehead atoms. The lowest BCUT2D eigenvalue weighted by Gasteiger charge is -2.08. The van der Waals surface area contributed by atoms with Gasteiger partial charge in [0.1, 0.15) is 6.61 Å².